The van der Waals surface area contributed by atoms with E-state index in [1.54, 1.807) is 11.1 Å². The lowest BCUT2D eigenvalue weighted by Crippen LogP contribution is -2.48. The second-order valence-electron chi connectivity index (χ2n) is 7.44. The molecular formula is C19H28N4O2. The summed E-state index contributed by atoms with van der Waals surface area (Å²) in [6, 6.07) is 6.59. The van der Waals surface area contributed by atoms with Crippen molar-refractivity contribution in [2.75, 3.05) is 19.6 Å². The van der Waals surface area contributed by atoms with Crippen molar-refractivity contribution in [3.8, 4) is 6.07 Å². The summed E-state index contributed by atoms with van der Waals surface area (Å²) < 4.78 is 5.46. The maximum atomic E-state index is 12.2. The maximum absolute atomic E-state index is 12.2. The number of aromatic nitrogens is 1. The molecule has 0 atom stereocenters. The van der Waals surface area contributed by atoms with Gasteiger partial charge in [0.1, 0.15) is 5.60 Å². The first-order chi connectivity index (χ1) is 11.9. The van der Waals surface area contributed by atoms with Crippen LogP contribution in [0.15, 0.2) is 24.5 Å². The highest BCUT2D eigenvalue weighted by Gasteiger charge is 2.29. The summed E-state index contributed by atoms with van der Waals surface area (Å²) >= 11 is 0. The van der Waals surface area contributed by atoms with Crippen molar-refractivity contribution in [3.63, 3.8) is 0 Å². The van der Waals surface area contributed by atoms with Crippen molar-refractivity contribution in [1.82, 2.24) is 14.8 Å². The van der Waals surface area contributed by atoms with Crippen molar-refractivity contribution in [2.24, 2.45) is 0 Å². The number of pyridine rings is 1. The molecular weight excluding hydrogens is 316 g/mol. The Morgan fingerprint density at radius 1 is 1.44 bits per heavy atom. The van der Waals surface area contributed by atoms with Gasteiger partial charge in [-0.1, -0.05) is 6.07 Å². The summed E-state index contributed by atoms with van der Waals surface area (Å²) in [6.07, 6.45) is 5.70. The second kappa shape index (κ2) is 8.82. The number of nitrogens with zero attached hydrogens (tertiary/aromatic N) is 4. The molecule has 0 bridgehead atoms. The number of carbonyl (C=O) groups excluding carboxylic acids is 1. The zero-order valence-corrected chi connectivity index (χ0v) is 15.4. The van der Waals surface area contributed by atoms with Gasteiger partial charge in [-0.15, -0.1) is 0 Å². The van der Waals surface area contributed by atoms with Gasteiger partial charge in [0.15, 0.2) is 0 Å². The highest BCUT2D eigenvalue weighted by Crippen LogP contribution is 2.21. The van der Waals surface area contributed by atoms with Crippen LogP contribution >= 0.6 is 0 Å². The van der Waals surface area contributed by atoms with E-state index in [0.717, 1.165) is 31.5 Å². The molecule has 2 rings (SSSR count). The van der Waals surface area contributed by atoms with Crippen LogP contribution in [0, 0.1) is 11.3 Å². The summed E-state index contributed by atoms with van der Waals surface area (Å²) in [5.74, 6) is 0. The van der Waals surface area contributed by atoms with E-state index in [1.165, 1.54) is 0 Å². The SMILES string of the molecule is CC(C)(C)OC(=O)N1CCC(N(CCC#N)Cc2cccnc2)CC1. The Balaban J connectivity index is 1.92. The molecule has 25 heavy (non-hydrogen) atoms. The number of piperidine rings is 1. The van der Waals surface area contributed by atoms with Crippen molar-refractivity contribution < 1.29 is 9.53 Å². The summed E-state index contributed by atoms with van der Waals surface area (Å²) in [5, 5.41) is 8.94. The normalized spacial score (nSPS) is 15.9. The fraction of sp³-hybridized carbons (Fsp3) is 0.632. The molecule has 1 fully saturated rings. The molecule has 2 heterocycles. The van der Waals surface area contributed by atoms with Gasteiger partial charge in [0.25, 0.3) is 0 Å². The average Bonchev–Trinajstić information content (AvgIpc) is 2.58. The number of hydrogen-bond acceptors (Lipinski definition) is 5. The predicted molar refractivity (Wildman–Crippen MR) is 95.7 cm³/mol. The number of ether oxygens (including phenoxy) is 1. The van der Waals surface area contributed by atoms with Gasteiger partial charge in [-0.05, 0) is 45.2 Å². The molecule has 0 saturated carbocycles. The number of likely N-dealkylation sites (tertiary alicyclic amines) is 1. The van der Waals surface area contributed by atoms with Gasteiger partial charge < -0.3 is 9.64 Å². The van der Waals surface area contributed by atoms with Crippen LogP contribution in [-0.2, 0) is 11.3 Å². The Hall–Kier alpha value is -2.13. The first-order valence-electron chi connectivity index (χ1n) is 8.87. The van der Waals surface area contributed by atoms with Gasteiger partial charge in [-0.3, -0.25) is 9.88 Å². The smallest absolute Gasteiger partial charge is 0.410 e. The van der Waals surface area contributed by atoms with E-state index in [1.807, 2.05) is 33.0 Å². The van der Waals surface area contributed by atoms with Crippen molar-refractivity contribution >= 4 is 6.09 Å². The second-order valence-corrected chi connectivity index (χ2v) is 7.44. The molecule has 0 unspecified atom stereocenters. The first kappa shape index (κ1) is 19.2. The van der Waals surface area contributed by atoms with Gasteiger partial charge in [0, 0.05) is 51.0 Å². The third-order valence-corrected chi connectivity index (χ3v) is 4.25. The lowest BCUT2D eigenvalue weighted by molar-refractivity contribution is 0.0138. The molecule has 1 aromatic heterocycles. The molecule has 0 spiro atoms. The van der Waals surface area contributed by atoms with E-state index in [9.17, 15) is 4.79 Å². The van der Waals surface area contributed by atoms with Crippen LogP contribution < -0.4 is 0 Å². The van der Waals surface area contributed by atoms with Gasteiger partial charge >= 0.3 is 6.09 Å². The average molecular weight is 344 g/mol. The number of rotatable bonds is 5. The minimum atomic E-state index is -0.465. The van der Waals surface area contributed by atoms with Crippen molar-refractivity contribution in [2.45, 2.75) is 58.2 Å². The minimum Gasteiger partial charge on any atom is -0.444 e. The van der Waals surface area contributed by atoms with Crippen LogP contribution in [0.1, 0.15) is 45.6 Å². The van der Waals surface area contributed by atoms with Gasteiger partial charge in [0.05, 0.1) is 6.07 Å². The first-order valence-corrected chi connectivity index (χ1v) is 8.87. The Labute approximate surface area is 150 Å². The van der Waals surface area contributed by atoms with Crippen molar-refractivity contribution in [3.05, 3.63) is 30.1 Å². The Morgan fingerprint density at radius 2 is 2.16 bits per heavy atom. The third-order valence-electron chi connectivity index (χ3n) is 4.25. The van der Waals surface area contributed by atoms with E-state index < -0.39 is 5.60 Å². The summed E-state index contributed by atoms with van der Waals surface area (Å²) in [4.78, 5) is 20.5. The van der Waals surface area contributed by atoms with Gasteiger partial charge in [-0.25, -0.2) is 4.79 Å². The number of nitriles is 1. The summed E-state index contributed by atoms with van der Waals surface area (Å²) in [7, 11) is 0. The summed E-state index contributed by atoms with van der Waals surface area (Å²) in [6.45, 7) is 8.56. The van der Waals surface area contributed by atoms with Crippen LogP contribution in [0.2, 0.25) is 0 Å². The Kier molecular flexibility index (Phi) is 6.77. The largest absolute Gasteiger partial charge is 0.444 e. The predicted octanol–water partition coefficient (Wildman–Crippen LogP) is 3.20. The quantitative estimate of drug-likeness (QED) is 0.820. The number of carbonyl (C=O) groups is 1. The number of hydrogen-bond donors (Lipinski definition) is 0. The monoisotopic (exact) mass is 344 g/mol. The summed E-state index contributed by atoms with van der Waals surface area (Å²) in [5.41, 5.74) is 0.683. The molecule has 6 nitrogen and oxygen atoms in total. The fourth-order valence-corrected chi connectivity index (χ4v) is 3.05. The van der Waals surface area contributed by atoms with E-state index in [4.69, 9.17) is 10.00 Å². The highest BCUT2D eigenvalue weighted by molar-refractivity contribution is 5.68. The molecule has 1 saturated heterocycles. The minimum absolute atomic E-state index is 0.234. The molecule has 1 aliphatic heterocycles. The van der Waals surface area contributed by atoms with Crippen molar-refractivity contribution in [1.29, 1.82) is 5.26 Å². The third kappa shape index (κ3) is 6.35. The zero-order chi connectivity index (χ0) is 18.3. The molecule has 0 aromatic carbocycles. The van der Waals surface area contributed by atoms with E-state index in [0.29, 0.717) is 25.6 Å². The van der Waals surface area contributed by atoms with E-state index in [-0.39, 0.29) is 6.09 Å². The van der Waals surface area contributed by atoms with Crippen LogP contribution in [-0.4, -0.2) is 52.2 Å². The molecule has 136 valence electrons. The molecule has 0 radical (unpaired) electrons. The van der Waals surface area contributed by atoms with Crippen LogP contribution in [0.5, 0.6) is 0 Å². The topological polar surface area (TPSA) is 69.5 Å². The molecule has 0 aliphatic carbocycles. The zero-order valence-electron chi connectivity index (χ0n) is 15.4. The van der Waals surface area contributed by atoms with Crippen LogP contribution in [0.25, 0.3) is 0 Å². The van der Waals surface area contributed by atoms with Gasteiger partial charge in [0.2, 0.25) is 0 Å². The lowest BCUT2D eigenvalue weighted by atomic mass is 10.0. The molecule has 6 heteroatoms. The van der Waals surface area contributed by atoms with Crippen LogP contribution in [0.3, 0.4) is 0 Å². The highest BCUT2D eigenvalue weighted by atomic mass is 16.6. The Morgan fingerprint density at radius 3 is 2.72 bits per heavy atom. The maximum Gasteiger partial charge on any atom is 0.410 e. The fourth-order valence-electron chi connectivity index (χ4n) is 3.05. The van der Waals surface area contributed by atoms with E-state index in [2.05, 4.69) is 22.0 Å². The lowest BCUT2D eigenvalue weighted by Gasteiger charge is -2.38. The molecule has 0 N–H and O–H groups in total. The molecule has 1 amide bonds. The molecule has 1 aliphatic rings. The van der Waals surface area contributed by atoms with Gasteiger partial charge in [-0.2, -0.15) is 5.26 Å². The number of amides is 1. The molecule has 1 aromatic rings. The van der Waals surface area contributed by atoms with E-state index >= 15 is 0 Å². The Bertz CT molecular complexity index is 584. The standard InChI is InChI=1S/C19H28N4O2/c1-19(2,3)25-18(24)22-12-7-17(8-13-22)23(11-5-9-20)15-16-6-4-10-21-14-16/h4,6,10,14,17H,5,7-8,11-13,15H2,1-3H3. The van der Waals surface area contributed by atoms with Crippen LogP contribution in [0.4, 0.5) is 4.79 Å².